The number of carboxylic acids is 1. The molecule has 2 atom stereocenters. The molecule has 86 valence electrons. The van der Waals surface area contributed by atoms with E-state index in [1.807, 2.05) is 6.92 Å². The van der Waals surface area contributed by atoms with Gasteiger partial charge in [0.15, 0.2) is 0 Å². The van der Waals surface area contributed by atoms with Gasteiger partial charge in [-0.05, 0) is 38.5 Å². The summed E-state index contributed by atoms with van der Waals surface area (Å²) in [7, 11) is 0. The summed E-state index contributed by atoms with van der Waals surface area (Å²) in [5.74, 6) is -0.322. The van der Waals surface area contributed by atoms with E-state index in [1.165, 1.54) is 18.4 Å². The van der Waals surface area contributed by atoms with Gasteiger partial charge in [0.1, 0.15) is 0 Å². The van der Waals surface area contributed by atoms with Gasteiger partial charge in [-0.1, -0.05) is 24.8 Å². The van der Waals surface area contributed by atoms with Crippen molar-refractivity contribution < 1.29 is 9.90 Å². The normalized spacial score (nSPS) is 27.0. The number of hydrogen-bond acceptors (Lipinski definition) is 1. The van der Waals surface area contributed by atoms with Crippen molar-refractivity contribution in [2.24, 2.45) is 11.8 Å². The maximum absolute atomic E-state index is 11.1. The summed E-state index contributed by atoms with van der Waals surface area (Å²) >= 11 is 0. The lowest BCUT2D eigenvalue weighted by Gasteiger charge is -2.21. The zero-order valence-electron chi connectivity index (χ0n) is 9.67. The molecule has 0 amide bonds. The quantitative estimate of drug-likeness (QED) is 0.568. The van der Waals surface area contributed by atoms with Crippen LogP contribution in [0.3, 0.4) is 0 Å². The number of aliphatic carboxylic acids is 1. The van der Waals surface area contributed by atoms with Crippen molar-refractivity contribution in [1.82, 2.24) is 0 Å². The first-order chi connectivity index (χ1) is 7.11. The predicted octanol–water partition coefficient (Wildman–Crippen LogP) is 3.62. The van der Waals surface area contributed by atoms with E-state index >= 15 is 0 Å². The number of carbonyl (C=O) groups is 1. The van der Waals surface area contributed by atoms with Crippen molar-refractivity contribution in [3.63, 3.8) is 0 Å². The van der Waals surface area contributed by atoms with Gasteiger partial charge in [0.2, 0.25) is 0 Å². The van der Waals surface area contributed by atoms with Crippen LogP contribution in [-0.4, -0.2) is 11.1 Å². The summed E-state index contributed by atoms with van der Waals surface area (Å²) < 4.78 is 0. The van der Waals surface area contributed by atoms with Crippen LogP contribution in [0.4, 0.5) is 0 Å². The lowest BCUT2D eigenvalue weighted by atomic mass is 9.84. The molecular formula is C13H22O2. The van der Waals surface area contributed by atoms with Crippen molar-refractivity contribution >= 4 is 5.97 Å². The first-order valence-electron chi connectivity index (χ1n) is 5.98. The van der Waals surface area contributed by atoms with E-state index in [1.54, 1.807) is 0 Å². The smallest absolute Gasteiger partial charge is 0.306 e. The van der Waals surface area contributed by atoms with E-state index in [2.05, 4.69) is 6.58 Å². The Morgan fingerprint density at radius 2 is 2.00 bits per heavy atom. The molecular weight excluding hydrogens is 188 g/mol. The van der Waals surface area contributed by atoms with Crippen LogP contribution in [0.25, 0.3) is 0 Å². The summed E-state index contributed by atoms with van der Waals surface area (Å²) in [5, 5.41) is 9.18. The van der Waals surface area contributed by atoms with Crippen LogP contribution in [0.2, 0.25) is 0 Å². The molecule has 15 heavy (non-hydrogen) atoms. The number of carboxylic acid groups (broad SMARTS) is 1. The highest BCUT2D eigenvalue weighted by Crippen LogP contribution is 2.32. The molecule has 0 aliphatic heterocycles. The van der Waals surface area contributed by atoms with E-state index in [9.17, 15) is 9.90 Å². The minimum absolute atomic E-state index is 0.105. The fourth-order valence-electron chi connectivity index (χ4n) is 2.49. The first-order valence-corrected chi connectivity index (χ1v) is 5.98. The largest absolute Gasteiger partial charge is 0.481 e. The van der Waals surface area contributed by atoms with Crippen LogP contribution >= 0.6 is 0 Å². The summed E-state index contributed by atoms with van der Waals surface area (Å²) in [6.45, 7) is 5.91. The fourth-order valence-corrected chi connectivity index (χ4v) is 2.49. The summed E-state index contributed by atoms with van der Waals surface area (Å²) in [6.07, 6.45) is 7.43. The Labute approximate surface area is 92.4 Å². The maximum atomic E-state index is 11.1. The number of rotatable bonds is 4. The zero-order valence-corrected chi connectivity index (χ0v) is 9.67. The van der Waals surface area contributed by atoms with Gasteiger partial charge in [-0.2, -0.15) is 0 Å². The van der Waals surface area contributed by atoms with Gasteiger partial charge in [-0.25, -0.2) is 0 Å². The summed E-state index contributed by atoms with van der Waals surface area (Å²) in [6, 6.07) is 0. The molecule has 2 unspecified atom stereocenters. The standard InChI is InChI=1S/C13H22O2/c1-10(2)8-9-11-6-4-3-5-7-12(11)13(14)15/h11-12H,1,3-9H2,2H3,(H,14,15). The summed E-state index contributed by atoms with van der Waals surface area (Å²) in [5.41, 5.74) is 1.17. The highest BCUT2D eigenvalue weighted by Gasteiger charge is 2.28. The SMILES string of the molecule is C=C(C)CCC1CCCCCC1C(=O)O. The third kappa shape index (κ3) is 4.06. The molecule has 1 aliphatic rings. The van der Waals surface area contributed by atoms with E-state index in [0.717, 1.165) is 32.1 Å². The van der Waals surface area contributed by atoms with E-state index in [-0.39, 0.29) is 5.92 Å². The van der Waals surface area contributed by atoms with Gasteiger partial charge in [0, 0.05) is 0 Å². The molecule has 0 radical (unpaired) electrons. The number of hydrogen-bond donors (Lipinski definition) is 1. The second kappa shape index (κ2) is 5.94. The second-order valence-electron chi connectivity index (χ2n) is 4.84. The highest BCUT2D eigenvalue weighted by atomic mass is 16.4. The van der Waals surface area contributed by atoms with Gasteiger partial charge in [-0.3, -0.25) is 4.79 Å². The Morgan fingerprint density at radius 3 is 2.60 bits per heavy atom. The molecule has 0 aromatic carbocycles. The molecule has 1 aliphatic carbocycles. The first kappa shape index (κ1) is 12.3. The van der Waals surface area contributed by atoms with Crippen molar-refractivity contribution in [3.05, 3.63) is 12.2 Å². The lowest BCUT2D eigenvalue weighted by Crippen LogP contribution is -2.22. The minimum atomic E-state index is -0.594. The van der Waals surface area contributed by atoms with Crippen LogP contribution in [0, 0.1) is 11.8 Å². The average molecular weight is 210 g/mol. The number of allylic oxidation sites excluding steroid dienone is 1. The topological polar surface area (TPSA) is 37.3 Å². The molecule has 2 heteroatoms. The van der Waals surface area contributed by atoms with Crippen LogP contribution in [0.1, 0.15) is 51.9 Å². The van der Waals surface area contributed by atoms with E-state index < -0.39 is 5.97 Å². The Bertz CT molecular complexity index is 233. The molecule has 0 aromatic rings. The van der Waals surface area contributed by atoms with Gasteiger partial charge in [0.05, 0.1) is 5.92 Å². The van der Waals surface area contributed by atoms with Crippen LogP contribution in [0.15, 0.2) is 12.2 Å². The monoisotopic (exact) mass is 210 g/mol. The van der Waals surface area contributed by atoms with Crippen molar-refractivity contribution in [2.75, 3.05) is 0 Å². The Balaban J connectivity index is 2.54. The minimum Gasteiger partial charge on any atom is -0.481 e. The van der Waals surface area contributed by atoms with Crippen molar-refractivity contribution in [2.45, 2.75) is 51.9 Å². The van der Waals surface area contributed by atoms with E-state index in [4.69, 9.17) is 0 Å². The maximum Gasteiger partial charge on any atom is 0.306 e. The molecule has 0 aromatic heterocycles. The van der Waals surface area contributed by atoms with Crippen LogP contribution in [-0.2, 0) is 4.79 Å². The van der Waals surface area contributed by atoms with Crippen molar-refractivity contribution in [1.29, 1.82) is 0 Å². The lowest BCUT2D eigenvalue weighted by molar-refractivity contribution is -0.144. The fraction of sp³-hybridized carbons (Fsp3) is 0.769. The molecule has 1 rings (SSSR count). The second-order valence-corrected chi connectivity index (χ2v) is 4.84. The molecule has 0 bridgehead atoms. The molecule has 2 nitrogen and oxygen atoms in total. The Morgan fingerprint density at radius 1 is 1.33 bits per heavy atom. The predicted molar refractivity (Wildman–Crippen MR) is 61.7 cm³/mol. The molecule has 0 spiro atoms. The zero-order chi connectivity index (χ0) is 11.3. The van der Waals surface area contributed by atoms with Gasteiger partial charge in [-0.15, -0.1) is 6.58 Å². The van der Waals surface area contributed by atoms with Gasteiger partial charge >= 0.3 is 5.97 Å². The van der Waals surface area contributed by atoms with Crippen molar-refractivity contribution in [3.8, 4) is 0 Å². The third-order valence-corrected chi connectivity index (χ3v) is 3.42. The Hall–Kier alpha value is -0.790. The Kier molecular flexibility index (Phi) is 4.86. The van der Waals surface area contributed by atoms with Gasteiger partial charge < -0.3 is 5.11 Å². The van der Waals surface area contributed by atoms with Gasteiger partial charge in [0.25, 0.3) is 0 Å². The summed E-state index contributed by atoms with van der Waals surface area (Å²) in [4.78, 5) is 11.1. The highest BCUT2D eigenvalue weighted by molar-refractivity contribution is 5.70. The molecule has 0 saturated heterocycles. The average Bonchev–Trinajstić information content (AvgIpc) is 2.39. The molecule has 1 fully saturated rings. The van der Waals surface area contributed by atoms with Crippen LogP contribution < -0.4 is 0 Å². The van der Waals surface area contributed by atoms with Crippen LogP contribution in [0.5, 0.6) is 0 Å². The van der Waals surface area contributed by atoms with E-state index in [0.29, 0.717) is 5.92 Å². The molecule has 1 saturated carbocycles. The molecule has 0 heterocycles. The third-order valence-electron chi connectivity index (χ3n) is 3.42. The molecule has 1 N–H and O–H groups in total.